The van der Waals surface area contributed by atoms with E-state index in [-0.39, 0.29) is 0 Å². The van der Waals surface area contributed by atoms with Gasteiger partial charge >= 0.3 is 0 Å². The Kier molecular flexibility index (Phi) is 7.27. The maximum atomic E-state index is 4.58. The zero-order chi connectivity index (χ0) is 15.0. The third-order valence-corrected chi connectivity index (χ3v) is 3.35. The van der Waals surface area contributed by atoms with Gasteiger partial charge in [0.15, 0.2) is 0 Å². The molecule has 0 saturated carbocycles. The normalized spacial score (nSPS) is 11.5. The van der Waals surface area contributed by atoms with Crippen LogP contribution in [0, 0.1) is 0 Å². The van der Waals surface area contributed by atoms with Gasteiger partial charge in [-0.15, -0.1) is 0 Å². The monoisotopic (exact) mass is 275 g/mol. The molecule has 0 atom stereocenters. The average molecular weight is 275 g/mol. The van der Waals surface area contributed by atoms with Gasteiger partial charge in [0.2, 0.25) is 0 Å². The number of hydrogen-bond acceptors (Lipinski definition) is 3. The Bertz CT molecular complexity index is 424. The highest BCUT2D eigenvalue weighted by atomic mass is 15.2. The Balaban J connectivity index is 3.21. The van der Waals surface area contributed by atoms with E-state index < -0.39 is 0 Å². The summed E-state index contributed by atoms with van der Waals surface area (Å²) in [4.78, 5) is 11.5. The van der Waals surface area contributed by atoms with E-state index >= 15 is 0 Å². The predicted octanol–water partition coefficient (Wildman–Crippen LogP) is 4.65. The van der Waals surface area contributed by atoms with Gasteiger partial charge in [-0.05, 0) is 25.7 Å². The topological polar surface area (TPSA) is 29.0 Å². The summed E-state index contributed by atoms with van der Waals surface area (Å²) >= 11 is 0. The maximum Gasteiger partial charge on any atom is 0.139 e. The van der Waals surface area contributed by atoms with E-state index in [1.807, 2.05) is 0 Å². The molecule has 3 nitrogen and oxygen atoms in total. The minimum atomic E-state index is 0.414. The Hall–Kier alpha value is -1.38. The molecule has 0 aliphatic rings. The number of hydrogen-bond donors (Lipinski definition) is 0. The standard InChI is InChI=1S/C17H29N3/c1-6-9-12-20(11-8-3)17-15(10-7-2)16(14(4)5)18-13-19-17/h7,10,13-14H,6,8-9,11-12H2,1-5H3/b10-7-. The first-order valence-electron chi connectivity index (χ1n) is 7.88. The molecule has 0 spiro atoms. The summed E-state index contributed by atoms with van der Waals surface area (Å²) in [6.45, 7) is 13.0. The molecule has 0 aromatic carbocycles. The van der Waals surface area contributed by atoms with Gasteiger partial charge in [0.1, 0.15) is 12.1 Å². The van der Waals surface area contributed by atoms with Crippen LogP contribution in [0.5, 0.6) is 0 Å². The summed E-state index contributed by atoms with van der Waals surface area (Å²) in [5.74, 6) is 1.51. The minimum Gasteiger partial charge on any atom is -0.356 e. The molecule has 0 unspecified atom stereocenters. The second-order valence-corrected chi connectivity index (χ2v) is 5.49. The summed E-state index contributed by atoms with van der Waals surface area (Å²) in [6, 6.07) is 0. The van der Waals surface area contributed by atoms with Crippen LogP contribution in [0.4, 0.5) is 5.82 Å². The van der Waals surface area contributed by atoms with E-state index in [0.29, 0.717) is 5.92 Å². The van der Waals surface area contributed by atoms with Crippen LogP contribution < -0.4 is 4.90 Å². The zero-order valence-corrected chi connectivity index (χ0v) is 13.7. The summed E-state index contributed by atoms with van der Waals surface area (Å²) in [5.41, 5.74) is 2.33. The summed E-state index contributed by atoms with van der Waals surface area (Å²) in [6.07, 6.45) is 9.50. The van der Waals surface area contributed by atoms with Crippen molar-refractivity contribution in [1.82, 2.24) is 9.97 Å². The molecule has 1 aromatic rings. The molecular weight excluding hydrogens is 246 g/mol. The molecule has 0 bridgehead atoms. The van der Waals surface area contributed by atoms with Gasteiger partial charge in [-0.2, -0.15) is 0 Å². The fourth-order valence-corrected chi connectivity index (χ4v) is 2.38. The highest BCUT2D eigenvalue weighted by Gasteiger charge is 2.16. The van der Waals surface area contributed by atoms with Crippen molar-refractivity contribution >= 4 is 11.9 Å². The highest BCUT2D eigenvalue weighted by molar-refractivity contribution is 5.66. The summed E-state index contributed by atoms with van der Waals surface area (Å²) in [5, 5.41) is 0. The second-order valence-electron chi connectivity index (χ2n) is 5.49. The van der Waals surface area contributed by atoms with Crippen LogP contribution in [-0.4, -0.2) is 23.1 Å². The summed E-state index contributed by atoms with van der Waals surface area (Å²) < 4.78 is 0. The van der Waals surface area contributed by atoms with Crippen LogP contribution in [0.1, 0.15) is 71.1 Å². The number of nitrogens with zero attached hydrogens (tertiary/aromatic N) is 3. The quantitative estimate of drug-likeness (QED) is 0.691. The molecular formula is C17H29N3. The van der Waals surface area contributed by atoms with Gasteiger partial charge < -0.3 is 4.90 Å². The van der Waals surface area contributed by atoms with Crippen molar-refractivity contribution in [2.75, 3.05) is 18.0 Å². The van der Waals surface area contributed by atoms with Gasteiger partial charge in [0, 0.05) is 18.7 Å². The molecule has 112 valence electrons. The van der Waals surface area contributed by atoms with E-state index in [0.717, 1.165) is 31.0 Å². The van der Waals surface area contributed by atoms with Crippen molar-refractivity contribution in [3.63, 3.8) is 0 Å². The first-order chi connectivity index (χ1) is 9.65. The zero-order valence-electron chi connectivity index (χ0n) is 13.7. The van der Waals surface area contributed by atoms with Crippen LogP contribution >= 0.6 is 0 Å². The lowest BCUT2D eigenvalue weighted by molar-refractivity contribution is 0.690. The van der Waals surface area contributed by atoms with E-state index in [1.165, 1.54) is 18.4 Å². The van der Waals surface area contributed by atoms with Crippen molar-refractivity contribution in [3.8, 4) is 0 Å². The Morgan fingerprint density at radius 1 is 1.15 bits per heavy atom. The van der Waals surface area contributed by atoms with Crippen molar-refractivity contribution in [2.24, 2.45) is 0 Å². The number of rotatable bonds is 8. The van der Waals surface area contributed by atoms with E-state index in [2.05, 4.69) is 61.6 Å². The molecule has 0 fully saturated rings. The smallest absolute Gasteiger partial charge is 0.139 e. The van der Waals surface area contributed by atoms with Crippen LogP contribution in [0.25, 0.3) is 6.08 Å². The van der Waals surface area contributed by atoms with Crippen molar-refractivity contribution in [2.45, 2.75) is 59.8 Å². The van der Waals surface area contributed by atoms with Crippen LogP contribution in [0.3, 0.4) is 0 Å². The van der Waals surface area contributed by atoms with E-state index in [9.17, 15) is 0 Å². The molecule has 20 heavy (non-hydrogen) atoms. The average Bonchev–Trinajstić information content (AvgIpc) is 2.44. The first kappa shape index (κ1) is 16.7. The Morgan fingerprint density at radius 3 is 2.45 bits per heavy atom. The molecule has 1 rings (SSSR count). The Labute approximate surface area is 124 Å². The first-order valence-corrected chi connectivity index (χ1v) is 7.88. The van der Waals surface area contributed by atoms with Crippen molar-refractivity contribution in [1.29, 1.82) is 0 Å². The fourth-order valence-electron chi connectivity index (χ4n) is 2.38. The van der Waals surface area contributed by atoms with E-state index in [1.54, 1.807) is 6.33 Å². The number of anilines is 1. The van der Waals surface area contributed by atoms with Gasteiger partial charge in [0.25, 0.3) is 0 Å². The molecule has 0 aliphatic heterocycles. The second kappa shape index (κ2) is 8.72. The van der Waals surface area contributed by atoms with Crippen molar-refractivity contribution in [3.05, 3.63) is 23.7 Å². The predicted molar refractivity (Wildman–Crippen MR) is 88.2 cm³/mol. The van der Waals surface area contributed by atoms with Gasteiger partial charge in [-0.3, -0.25) is 0 Å². The molecule has 0 amide bonds. The lowest BCUT2D eigenvalue weighted by atomic mass is 10.0. The van der Waals surface area contributed by atoms with Gasteiger partial charge in [0.05, 0.1) is 5.69 Å². The molecule has 3 heteroatoms. The van der Waals surface area contributed by atoms with Crippen LogP contribution in [0.15, 0.2) is 12.4 Å². The number of unbranched alkanes of at least 4 members (excludes halogenated alkanes) is 1. The van der Waals surface area contributed by atoms with Crippen molar-refractivity contribution < 1.29 is 0 Å². The lowest BCUT2D eigenvalue weighted by Gasteiger charge is -2.26. The molecule has 0 radical (unpaired) electrons. The maximum absolute atomic E-state index is 4.58. The third kappa shape index (κ3) is 4.32. The molecule has 1 heterocycles. The SMILES string of the molecule is C/C=C\c1c(C(C)C)ncnc1N(CCC)CCCC. The fraction of sp³-hybridized carbons (Fsp3) is 0.647. The van der Waals surface area contributed by atoms with E-state index in [4.69, 9.17) is 0 Å². The molecule has 0 aliphatic carbocycles. The molecule has 0 N–H and O–H groups in total. The van der Waals surface area contributed by atoms with Gasteiger partial charge in [-0.25, -0.2) is 9.97 Å². The van der Waals surface area contributed by atoms with Gasteiger partial charge in [-0.1, -0.05) is 46.3 Å². The number of aromatic nitrogens is 2. The van der Waals surface area contributed by atoms with Crippen LogP contribution in [0.2, 0.25) is 0 Å². The largest absolute Gasteiger partial charge is 0.356 e. The third-order valence-electron chi connectivity index (χ3n) is 3.35. The molecule has 0 saturated heterocycles. The Morgan fingerprint density at radius 2 is 1.90 bits per heavy atom. The minimum absolute atomic E-state index is 0.414. The summed E-state index contributed by atoms with van der Waals surface area (Å²) in [7, 11) is 0. The highest BCUT2D eigenvalue weighted by Crippen LogP contribution is 2.26. The molecule has 1 aromatic heterocycles. The van der Waals surface area contributed by atoms with Crippen LogP contribution in [-0.2, 0) is 0 Å². The number of allylic oxidation sites excluding steroid dienone is 1. The lowest BCUT2D eigenvalue weighted by Crippen LogP contribution is -2.27.